The van der Waals surface area contributed by atoms with Crippen molar-refractivity contribution in [2.75, 3.05) is 13.2 Å². The minimum absolute atomic E-state index is 0.289. The zero-order valence-corrected chi connectivity index (χ0v) is 14.9. The highest BCUT2D eigenvalue weighted by atomic mass is 79.9. The van der Waals surface area contributed by atoms with Crippen LogP contribution in [0.5, 0.6) is 11.5 Å². The number of nitrogens with zero attached hydrogens (tertiary/aromatic N) is 1. The second-order valence-corrected chi connectivity index (χ2v) is 5.74. The number of hydrazine groups is 1. The Morgan fingerprint density at radius 1 is 1.04 bits per heavy atom. The van der Waals surface area contributed by atoms with Crippen LogP contribution >= 0.6 is 15.9 Å². The van der Waals surface area contributed by atoms with Crippen molar-refractivity contribution in [2.24, 2.45) is 0 Å². The summed E-state index contributed by atoms with van der Waals surface area (Å²) in [5.74, 6) is -0.922. The summed E-state index contributed by atoms with van der Waals surface area (Å²) in [5, 5.41) is 8.69. The van der Waals surface area contributed by atoms with Gasteiger partial charge >= 0.3 is 0 Å². The number of nitrogens with one attached hydrogen (secondary N) is 2. The summed E-state index contributed by atoms with van der Waals surface area (Å²) in [6, 6.07) is 12.0. The van der Waals surface area contributed by atoms with Gasteiger partial charge in [-0.2, -0.15) is 5.26 Å². The predicted molar refractivity (Wildman–Crippen MR) is 92.5 cm³/mol. The van der Waals surface area contributed by atoms with Crippen LogP contribution in [-0.4, -0.2) is 25.0 Å². The number of hydrogen-bond acceptors (Lipinski definition) is 5. The molecule has 2 aromatic rings. The van der Waals surface area contributed by atoms with Crippen LogP contribution in [0.15, 0.2) is 46.9 Å². The molecule has 2 rings (SSSR count). The first-order valence-corrected chi connectivity index (χ1v) is 8.05. The number of rotatable bonds is 6. The third-order valence-corrected chi connectivity index (χ3v) is 3.57. The number of benzene rings is 2. The number of carbonyl (C=O) groups excluding carboxylic acids is 2. The largest absolute Gasteiger partial charge is 0.484 e. The number of nitriles is 1. The molecule has 2 aromatic carbocycles. The fraction of sp³-hybridized carbons (Fsp3) is 0.118. The molecule has 0 saturated heterocycles. The number of halogens is 2. The molecule has 0 aliphatic heterocycles. The Morgan fingerprint density at radius 2 is 1.65 bits per heavy atom. The monoisotopic (exact) mass is 421 g/mol. The molecule has 0 fully saturated rings. The summed E-state index contributed by atoms with van der Waals surface area (Å²) in [5.41, 5.74) is 4.80. The molecule has 0 unspecified atom stereocenters. The molecule has 0 aliphatic carbocycles. The van der Waals surface area contributed by atoms with Crippen molar-refractivity contribution < 1.29 is 23.5 Å². The van der Waals surface area contributed by atoms with E-state index in [1.165, 1.54) is 18.2 Å². The maximum absolute atomic E-state index is 13.0. The maximum Gasteiger partial charge on any atom is 0.276 e. The van der Waals surface area contributed by atoms with E-state index in [0.717, 1.165) is 0 Å². The molecule has 2 amide bonds. The van der Waals surface area contributed by atoms with Gasteiger partial charge in [0.25, 0.3) is 11.8 Å². The molecule has 7 nitrogen and oxygen atoms in total. The van der Waals surface area contributed by atoms with Gasteiger partial charge in [0, 0.05) is 0 Å². The number of amides is 2. The van der Waals surface area contributed by atoms with Gasteiger partial charge in [0.15, 0.2) is 13.2 Å². The van der Waals surface area contributed by atoms with Gasteiger partial charge in [-0.3, -0.25) is 20.4 Å². The first-order valence-electron chi connectivity index (χ1n) is 7.26. The van der Waals surface area contributed by atoms with Crippen LogP contribution in [0.2, 0.25) is 0 Å². The Kier molecular flexibility index (Phi) is 6.93. The molecule has 0 spiro atoms. The van der Waals surface area contributed by atoms with E-state index in [-0.39, 0.29) is 19.0 Å². The fourth-order valence-electron chi connectivity index (χ4n) is 1.72. The van der Waals surface area contributed by atoms with Crippen molar-refractivity contribution in [1.82, 2.24) is 10.9 Å². The topological polar surface area (TPSA) is 100 Å². The Balaban J connectivity index is 1.69. The number of hydrogen-bond donors (Lipinski definition) is 2. The van der Waals surface area contributed by atoms with Crippen LogP contribution in [-0.2, 0) is 9.59 Å². The average molecular weight is 422 g/mol. The van der Waals surface area contributed by atoms with E-state index in [4.69, 9.17) is 14.7 Å². The Labute approximate surface area is 156 Å². The normalized spacial score (nSPS) is 9.73. The molecule has 9 heteroatoms. The zero-order valence-electron chi connectivity index (χ0n) is 13.3. The summed E-state index contributed by atoms with van der Waals surface area (Å²) < 4.78 is 23.7. The van der Waals surface area contributed by atoms with Gasteiger partial charge in [0.2, 0.25) is 0 Å². The van der Waals surface area contributed by atoms with Crippen LogP contribution in [0.25, 0.3) is 0 Å². The quantitative estimate of drug-likeness (QED) is 0.695. The summed E-state index contributed by atoms with van der Waals surface area (Å²) in [7, 11) is 0. The van der Waals surface area contributed by atoms with Gasteiger partial charge in [-0.15, -0.1) is 0 Å². The molecule has 26 heavy (non-hydrogen) atoms. The van der Waals surface area contributed by atoms with Gasteiger partial charge in [0.05, 0.1) is 16.1 Å². The molecular formula is C17H13BrFN3O4. The predicted octanol–water partition coefficient (Wildman–Crippen LogP) is 2.07. The number of ether oxygens (including phenoxy) is 2. The highest BCUT2D eigenvalue weighted by Crippen LogP contribution is 2.25. The standard InChI is InChI=1S/C17H13BrFN3O4/c18-14-7-12(19)3-6-15(14)26-10-17(24)22-21-16(23)9-25-13-4-1-11(8-20)2-5-13/h1-7H,9-10H2,(H,21,23)(H,22,24). The minimum atomic E-state index is -0.604. The van der Waals surface area contributed by atoms with Gasteiger partial charge in [-0.05, 0) is 58.4 Å². The van der Waals surface area contributed by atoms with Crippen molar-refractivity contribution in [1.29, 1.82) is 5.26 Å². The van der Waals surface area contributed by atoms with Gasteiger partial charge in [-0.25, -0.2) is 4.39 Å². The third kappa shape index (κ3) is 6.07. The lowest BCUT2D eigenvalue weighted by Gasteiger charge is -2.10. The second kappa shape index (κ2) is 9.39. The highest BCUT2D eigenvalue weighted by Gasteiger charge is 2.08. The van der Waals surface area contributed by atoms with Crippen molar-refractivity contribution in [2.45, 2.75) is 0 Å². The molecule has 0 heterocycles. The number of carbonyl (C=O) groups is 2. The summed E-state index contributed by atoms with van der Waals surface area (Å²) in [6.07, 6.45) is 0. The maximum atomic E-state index is 13.0. The Bertz CT molecular complexity index is 837. The molecule has 134 valence electrons. The van der Waals surface area contributed by atoms with Crippen LogP contribution in [0, 0.1) is 17.1 Å². The van der Waals surface area contributed by atoms with Crippen molar-refractivity contribution in [3.05, 3.63) is 58.3 Å². The fourth-order valence-corrected chi connectivity index (χ4v) is 2.19. The zero-order chi connectivity index (χ0) is 18.9. The van der Waals surface area contributed by atoms with Crippen molar-refractivity contribution in [3.63, 3.8) is 0 Å². The van der Waals surface area contributed by atoms with E-state index in [0.29, 0.717) is 15.8 Å². The first kappa shape index (κ1) is 19.2. The van der Waals surface area contributed by atoms with Crippen molar-refractivity contribution >= 4 is 27.7 Å². The van der Waals surface area contributed by atoms with Gasteiger partial charge < -0.3 is 9.47 Å². The molecule has 0 saturated carbocycles. The molecule has 0 radical (unpaired) electrons. The van der Waals surface area contributed by atoms with Crippen molar-refractivity contribution in [3.8, 4) is 17.6 Å². The minimum Gasteiger partial charge on any atom is -0.484 e. The molecular weight excluding hydrogens is 409 g/mol. The van der Waals surface area contributed by atoms with E-state index < -0.39 is 17.6 Å². The van der Waals surface area contributed by atoms with Crippen LogP contribution in [0.1, 0.15) is 5.56 Å². The molecule has 0 aromatic heterocycles. The summed E-state index contributed by atoms with van der Waals surface area (Å²) in [6.45, 7) is -0.697. The van der Waals surface area contributed by atoms with Crippen LogP contribution in [0.4, 0.5) is 4.39 Å². The molecule has 2 N–H and O–H groups in total. The third-order valence-electron chi connectivity index (χ3n) is 2.95. The van der Waals surface area contributed by atoms with Crippen LogP contribution < -0.4 is 20.3 Å². The second-order valence-electron chi connectivity index (χ2n) is 4.88. The molecule has 0 atom stereocenters. The summed E-state index contributed by atoms with van der Waals surface area (Å²) in [4.78, 5) is 23.2. The average Bonchev–Trinajstić information content (AvgIpc) is 2.64. The SMILES string of the molecule is N#Cc1ccc(OCC(=O)NNC(=O)COc2ccc(F)cc2Br)cc1. The Hall–Kier alpha value is -3.12. The van der Waals surface area contributed by atoms with Gasteiger partial charge in [0.1, 0.15) is 17.3 Å². The molecule has 0 aliphatic rings. The van der Waals surface area contributed by atoms with Crippen LogP contribution in [0.3, 0.4) is 0 Å². The first-order chi connectivity index (χ1) is 12.5. The van der Waals surface area contributed by atoms with Gasteiger partial charge in [-0.1, -0.05) is 0 Å². The lowest BCUT2D eigenvalue weighted by Crippen LogP contribution is -2.45. The van der Waals surface area contributed by atoms with E-state index in [1.54, 1.807) is 24.3 Å². The lowest BCUT2D eigenvalue weighted by atomic mass is 10.2. The van der Waals surface area contributed by atoms with E-state index in [1.807, 2.05) is 6.07 Å². The summed E-state index contributed by atoms with van der Waals surface area (Å²) >= 11 is 3.11. The smallest absolute Gasteiger partial charge is 0.276 e. The van der Waals surface area contributed by atoms with E-state index in [9.17, 15) is 14.0 Å². The Morgan fingerprint density at radius 3 is 2.23 bits per heavy atom. The molecule has 0 bridgehead atoms. The highest BCUT2D eigenvalue weighted by molar-refractivity contribution is 9.10. The lowest BCUT2D eigenvalue weighted by molar-refractivity contribution is -0.131. The van der Waals surface area contributed by atoms with E-state index in [2.05, 4.69) is 26.8 Å². The van der Waals surface area contributed by atoms with E-state index >= 15 is 0 Å².